The molecule has 0 spiro atoms. The summed E-state index contributed by atoms with van der Waals surface area (Å²) in [5.74, 6) is 2.61. The third kappa shape index (κ3) is 1.16. The second-order valence-corrected chi connectivity index (χ2v) is 4.13. The zero-order chi connectivity index (χ0) is 8.55. The summed E-state index contributed by atoms with van der Waals surface area (Å²) < 4.78 is 0. The van der Waals surface area contributed by atoms with Crippen LogP contribution >= 0.6 is 0 Å². The molecule has 12 heavy (non-hydrogen) atoms. The molecule has 0 aromatic heterocycles. The van der Waals surface area contributed by atoms with Crippen LogP contribution in [0.4, 0.5) is 0 Å². The maximum absolute atomic E-state index is 2.36. The summed E-state index contributed by atoms with van der Waals surface area (Å²) >= 11 is 0. The lowest BCUT2D eigenvalue weighted by Crippen LogP contribution is -2.30. The molecule has 2 rings (SSSR count). The fraction of sp³-hybridized carbons (Fsp3) is 0.500. The van der Waals surface area contributed by atoms with Crippen LogP contribution in [0.25, 0.3) is 0 Å². The summed E-state index contributed by atoms with van der Waals surface area (Å²) in [6.07, 6.45) is 1.40. The molecule has 1 saturated carbocycles. The van der Waals surface area contributed by atoms with E-state index in [9.17, 15) is 0 Å². The van der Waals surface area contributed by atoms with E-state index in [-0.39, 0.29) is 0 Å². The van der Waals surface area contributed by atoms with Gasteiger partial charge < -0.3 is 0 Å². The highest BCUT2D eigenvalue weighted by Gasteiger charge is 2.35. The molecule has 1 aliphatic carbocycles. The molecule has 1 aromatic carbocycles. The van der Waals surface area contributed by atoms with Crippen LogP contribution in [0.3, 0.4) is 0 Å². The van der Waals surface area contributed by atoms with Crippen LogP contribution in [0.15, 0.2) is 30.3 Å². The minimum Gasteiger partial charge on any atom is -0.0622 e. The molecule has 0 bridgehead atoms. The van der Waals surface area contributed by atoms with Crippen molar-refractivity contribution in [1.29, 1.82) is 0 Å². The fourth-order valence-electron chi connectivity index (χ4n) is 2.58. The third-order valence-corrected chi connectivity index (χ3v) is 3.15. The van der Waals surface area contributed by atoms with Crippen LogP contribution in [0, 0.1) is 11.8 Å². The first kappa shape index (κ1) is 7.85. The van der Waals surface area contributed by atoms with E-state index in [1.165, 1.54) is 12.0 Å². The molecule has 0 heterocycles. The second kappa shape index (κ2) is 2.93. The fourth-order valence-corrected chi connectivity index (χ4v) is 2.58. The minimum absolute atomic E-state index is 0.825. The van der Waals surface area contributed by atoms with Gasteiger partial charge in [-0.15, -0.1) is 0 Å². The number of hydrogen-bond acceptors (Lipinski definition) is 0. The van der Waals surface area contributed by atoms with E-state index in [4.69, 9.17) is 0 Å². The molecule has 3 atom stereocenters. The molecule has 0 amide bonds. The Morgan fingerprint density at radius 2 is 1.58 bits per heavy atom. The van der Waals surface area contributed by atoms with Crippen LogP contribution in [0.5, 0.6) is 0 Å². The minimum atomic E-state index is 0.825. The SMILES string of the molecule is C[C@@H]1C[C@H](C)C1c1ccccc1. The highest BCUT2D eigenvalue weighted by atomic mass is 14.4. The predicted molar refractivity (Wildman–Crippen MR) is 52.1 cm³/mol. The van der Waals surface area contributed by atoms with Gasteiger partial charge in [0.05, 0.1) is 0 Å². The highest BCUT2D eigenvalue weighted by Crippen LogP contribution is 2.46. The summed E-state index contributed by atoms with van der Waals surface area (Å²) in [5.41, 5.74) is 1.53. The van der Waals surface area contributed by atoms with Crippen molar-refractivity contribution in [3.63, 3.8) is 0 Å². The van der Waals surface area contributed by atoms with Gasteiger partial charge in [0.15, 0.2) is 0 Å². The van der Waals surface area contributed by atoms with Gasteiger partial charge in [-0.25, -0.2) is 0 Å². The quantitative estimate of drug-likeness (QED) is 0.590. The van der Waals surface area contributed by atoms with E-state index in [2.05, 4.69) is 44.2 Å². The zero-order valence-electron chi connectivity index (χ0n) is 7.83. The van der Waals surface area contributed by atoms with Crippen molar-refractivity contribution in [1.82, 2.24) is 0 Å². The Labute approximate surface area is 74.6 Å². The summed E-state index contributed by atoms with van der Waals surface area (Å²) in [5, 5.41) is 0. The van der Waals surface area contributed by atoms with Crippen LogP contribution in [0.1, 0.15) is 31.7 Å². The lowest BCUT2D eigenvalue weighted by molar-refractivity contribution is 0.176. The topological polar surface area (TPSA) is 0 Å². The van der Waals surface area contributed by atoms with Crippen molar-refractivity contribution in [2.45, 2.75) is 26.2 Å². The van der Waals surface area contributed by atoms with E-state index in [1.807, 2.05) is 0 Å². The number of hydrogen-bond donors (Lipinski definition) is 0. The van der Waals surface area contributed by atoms with Crippen molar-refractivity contribution in [3.05, 3.63) is 35.9 Å². The first-order valence-electron chi connectivity index (χ1n) is 4.84. The lowest BCUT2D eigenvalue weighted by atomic mass is 9.64. The van der Waals surface area contributed by atoms with Crippen molar-refractivity contribution >= 4 is 0 Å². The first-order chi connectivity index (χ1) is 5.79. The van der Waals surface area contributed by atoms with Gasteiger partial charge in [0.1, 0.15) is 0 Å². The van der Waals surface area contributed by atoms with Gasteiger partial charge in [0.25, 0.3) is 0 Å². The van der Waals surface area contributed by atoms with Gasteiger partial charge in [0, 0.05) is 0 Å². The monoisotopic (exact) mass is 160 g/mol. The second-order valence-electron chi connectivity index (χ2n) is 4.13. The normalized spacial score (nSPS) is 34.3. The molecule has 0 saturated heterocycles. The van der Waals surface area contributed by atoms with Gasteiger partial charge in [-0.1, -0.05) is 44.2 Å². The summed E-state index contributed by atoms with van der Waals surface area (Å²) in [4.78, 5) is 0. The Balaban J connectivity index is 2.20. The largest absolute Gasteiger partial charge is 0.0622 e. The molecule has 64 valence electrons. The molecule has 0 N–H and O–H groups in total. The summed E-state index contributed by atoms with van der Waals surface area (Å²) in [7, 11) is 0. The molecule has 0 heteroatoms. The Morgan fingerprint density at radius 3 is 2.08 bits per heavy atom. The maximum Gasteiger partial charge on any atom is -0.0110 e. The van der Waals surface area contributed by atoms with E-state index < -0.39 is 0 Å². The van der Waals surface area contributed by atoms with E-state index >= 15 is 0 Å². The Bertz CT molecular complexity index is 242. The van der Waals surface area contributed by atoms with Gasteiger partial charge >= 0.3 is 0 Å². The number of benzene rings is 1. The van der Waals surface area contributed by atoms with Gasteiger partial charge in [-0.05, 0) is 29.7 Å². The van der Waals surface area contributed by atoms with Gasteiger partial charge in [-0.3, -0.25) is 0 Å². The molecule has 1 fully saturated rings. The van der Waals surface area contributed by atoms with Gasteiger partial charge in [0.2, 0.25) is 0 Å². The Hall–Kier alpha value is -0.780. The molecule has 1 unspecified atom stereocenters. The average Bonchev–Trinajstić information content (AvgIpc) is 2.05. The third-order valence-electron chi connectivity index (χ3n) is 3.15. The summed E-state index contributed by atoms with van der Waals surface area (Å²) in [6, 6.07) is 10.9. The zero-order valence-corrected chi connectivity index (χ0v) is 7.83. The predicted octanol–water partition coefficient (Wildman–Crippen LogP) is 3.45. The van der Waals surface area contributed by atoms with Crippen molar-refractivity contribution < 1.29 is 0 Å². The molecular formula is C12H16. The van der Waals surface area contributed by atoms with Gasteiger partial charge in [-0.2, -0.15) is 0 Å². The summed E-state index contributed by atoms with van der Waals surface area (Å²) in [6.45, 7) is 4.72. The van der Waals surface area contributed by atoms with Crippen LogP contribution < -0.4 is 0 Å². The van der Waals surface area contributed by atoms with Crippen LogP contribution in [-0.2, 0) is 0 Å². The Kier molecular flexibility index (Phi) is 1.92. The molecule has 0 nitrogen and oxygen atoms in total. The molecule has 1 aromatic rings. The lowest BCUT2D eigenvalue weighted by Gasteiger charge is -2.41. The first-order valence-corrected chi connectivity index (χ1v) is 4.84. The molecule has 0 radical (unpaired) electrons. The smallest absolute Gasteiger partial charge is 0.0110 e. The average molecular weight is 160 g/mol. The van der Waals surface area contributed by atoms with Crippen molar-refractivity contribution in [3.8, 4) is 0 Å². The van der Waals surface area contributed by atoms with Crippen molar-refractivity contribution in [2.75, 3.05) is 0 Å². The molecular weight excluding hydrogens is 144 g/mol. The maximum atomic E-state index is 2.36. The van der Waals surface area contributed by atoms with E-state index in [0.29, 0.717) is 0 Å². The van der Waals surface area contributed by atoms with Crippen molar-refractivity contribution in [2.24, 2.45) is 11.8 Å². The molecule has 1 aliphatic rings. The Morgan fingerprint density at radius 1 is 1.00 bits per heavy atom. The highest BCUT2D eigenvalue weighted by molar-refractivity contribution is 5.23. The van der Waals surface area contributed by atoms with Crippen LogP contribution in [-0.4, -0.2) is 0 Å². The van der Waals surface area contributed by atoms with E-state index in [0.717, 1.165) is 17.8 Å². The standard InChI is InChI=1S/C12H16/c1-9-8-10(2)12(9)11-6-4-3-5-7-11/h3-7,9-10,12H,8H2,1-2H3/t9-,10+,12?. The molecule has 0 aliphatic heterocycles. The van der Waals surface area contributed by atoms with E-state index in [1.54, 1.807) is 0 Å². The van der Waals surface area contributed by atoms with Crippen LogP contribution in [0.2, 0.25) is 0 Å². The number of rotatable bonds is 1.